The van der Waals surface area contributed by atoms with E-state index in [0.717, 1.165) is 17.8 Å². The zero-order valence-electron chi connectivity index (χ0n) is 19.3. The summed E-state index contributed by atoms with van der Waals surface area (Å²) in [5.41, 5.74) is -0.762. The fraction of sp³-hybridized carbons (Fsp3) is 0.240. The highest BCUT2D eigenvalue weighted by molar-refractivity contribution is 7.92. The SMILES string of the molecule is O=C(CN(c1ccc(Cl)c(C(F)(F)F)c1)S(=O)(=O)c1ccccc1)N1CCN(c2ccc(F)cc2)CC1. The van der Waals surface area contributed by atoms with E-state index in [4.69, 9.17) is 11.6 Å². The summed E-state index contributed by atoms with van der Waals surface area (Å²) in [6, 6.07) is 15.8. The van der Waals surface area contributed by atoms with Crippen LogP contribution in [-0.2, 0) is 21.0 Å². The normalized spacial score (nSPS) is 14.5. The maximum atomic E-state index is 13.5. The molecule has 1 saturated heterocycles. The molecule has 1 fully saturated rings. The van der Waals surface area contributed by atoms with Crippen LogP contribution in [0.25, 0.3) is 0 Å². The van der Waals surface area contributed by atoms with Gasteiger partial charge in [0.2, 0.25) is 5.91 Å². The Kier molecular flexibility index (Phi) is 7.65. The molecular weight excluding hydrogens is 534 g/mol. The van der Waals surface area contributed by atoms with Gasteiger partial charge in [0.25, 0.3) is 10.0 Å². The first-order valence-corrected chi connectivity index (χ1v) is 13.0. The van der Waals surface area contributed by atoms with Crippen LogP contribution >= 0.6 is 11.6 Å². The maximum absolute atomic E-state index is 13.5. The topological polar surface area (TPSA) is 60.9 Å². The number of anilines is 2. The molecule has 3 aromatic carbocycles. The predicted octanol–water partition coefficient (Wildman–Crippen LogP) is 5.04. The van der Waals surface area contributed by atoms with Crippen molar-refractivity contribution in [3.63, 3.8) is 0 Å². The summed E-state index contributed by atoms with van der Waals surface area (Å²) in [4.78, 5) is 16.4. The van der Waals surface area contributed by atoms with E-state index in [1.54, 1.807) is 18.2 Å². The molecule has 1 aliphatic heterocycles. The van der Waals surface area contributed by atoms with Crippen LogP contribution in [0.5, 0.6) is 0 Å². The highest BCUT2D eigenvalue weighted by Crippen LogP contribution is 2.38. The molecule has 1 aliphatic rings. The zero-order valence-corrected chi connectivity index (χ0v) is 20.9. The molecule has 4 rings (SSSR count). The number of carbonyl (C=O) groups excluding carboxylic acids is 1. The third-order valence-corrected chi connectivity index (χ3v) is 8.10. The van der Waals surface area contributed by atoms with Crippen molar-refractivity contribution in [2.75, 3.05) is 41.9 Å². The Bertz CT molecular complexity index is 1360. The van der Waals surface area contributed by atoms with Crippen LogP contribution in [0.1, 0.15) is 5.56 Å². The monoisotopic (exact) mass is 555 g/mol. The summed E-state index contributed by atoms with van der Waals surface area (Å²) in [5, 5.41) is -0.587. The van der Waals surface area contributed by atoms with Crippen molar-refractivity contribution in [1.82, 2.24) is 4.90 Å². The van der Waals surface area contributed by atoms with E-state index in [9.17, 15) is 30.8 Å². The Morgan fingerprint density at radius 1 is 0.919 bits per heavy atom. The Morgan fingerprint density at radius 3 is 2.14 bits per heavy atom. The van der Waals surface area contributed by atoms with E-state index < -0.39 is 39.2 Å². The van der Waals surface area contributed by atoms with E-state index in [-0.39, 0.29) is 29.5 Å². The average Bonchev–Trinajstić information content (AvgIpc) is 2.88. The van der Waals surface area contributed by atoms with Crippen LogP contribution in [-0.4, -0.2) is 51.9 Å². The molecular formula is C25H22ClF4N3O3S. The van der Waals surface area contributed by atoms with Gasteiger partial charge >= 0.3 is 6.18 Å². The number of hydrogen-bond acceptors (Lipinski definition) is 4. The zero-order chi connectivity index (χ0) is 26.8. The predicted molar refractivity (Wildman–Crippen MR) is 133 cm³/mol. The summed E-state index contributed by atoms with van der Waals surface area (Å²) in [6.45, 7) is 0.643. The second kappa shape index (κ2) is 10.6. The highest BCUT2D eigenvalue weighted by atomic mass is 35.5. The molecule has 0 N–H and O–H groups in total. The lowest BCUT2D eigenvalue weighted by molar-refractivity contribution is -0.137. The van der Waals surface area contributed by atoms with Crippen LogP contribution in [0.2, 0.25) is 5.02 Å². The van der Waals surface area contributed by atoms with Gasteiger partial charge in [0.05, 0.1) is 21.2 Å². The molecule has 37 heavy (non-hydrogen) atoms. The number of halogens is 5. The molecule has 1 heterocycles. The molecule has 0 spiro atoms. The van der Waals surface area contributed by atoms with E-state index >= 15 is 0 Å². The number of piperazine rings is 1. The number of sulfonamides is 1. The summed E-state index contributed by atoms with van der Waals surface area (Å²) >= 11 is 5.73. The van der Waals surface area contributed by atoms with Gasteiger partial charge in [0.1, 0.15) is 12.4 Å². The lowest BCUT2D eigenvalue weighted by Gasteiger charge is -2.37. The lowest BCUT2D eigenvalue weighted by Crippen LogP contribution is -2.52. The molecule has 196 valence electrons. The van der Waals surface area contributed by atoms with Gasteiger partial charge in [-0.3, -0.25) is 9.10 Å². The molecule has 3 aromatic rings. The van der Waals surface area contributed by atoms with Crippen molar-refractivity contribution in [2.45, 2.75) is 11.1 Å². The van der Waals surface area contributed by atoms with Gasteiger partial charge in [0.15, 0.2) is 0 Å². The molecule has 0 aliphatic carbocycles. The van der Waals surface area contributed by atoms with Crippen molar-refractivity contribution >= 4 is 38.9 Å². The standard InChI is InChI=1S/C25H22ClF4N3O3S/c26-23-11-10-20(16-22(23)25(28,29)30)33(37(35,36)21-4-2-1-3-5-21)17-24(34)32-14-12-31(13-15-32)19-8-6-18(27)7-9-19/h1-11,16H,12-15,17H2. The minimum Gasteiger partial charge on any atom is -0.368 e. The van der Waals surface area contributed by atoms with E-state index in [1.807, 2.05) is 4.90 Å². The van der Waals surface area contributed by atoms with Gasteiger partial charge < -0.3 is 9.80 Å². The van der Waals surface area contributed by atoms with E-state index in [1.165, 1.54) is 41.3 Å². The Balaban J connectivity index is 1.60. The van der Waals surface area contributed by atoms with Gasteiger partial charge in [-0.1, -0.05) is 29.8 Å². The van der Waals surface area contributed by atoms with Crippen LogP contribution in [0.4, 0.5) is 28.9 Å². The van der Waals surface area contributed by atoms with Crippen LogP contribution in [0.3, 0.4) is 0 Å². The second-order valence-electron chi connectivity index (χ2n) is 8.33. The Hall–Kier alpha value is -3.31. The van der Waals surface area contributed by atoms with Crippen LogP contribution in [0.15, 0.2) is 77.7 Å². The number of alkyl halides is 3. The quantitative estimate of drug-likeness (QED) is 0.400. The number of benzene rings is 3. The number of carbonyl (C=O) groups is 1. The first-order valence-electron chi connectivity index (χ1n) is 11.2. The fourth-order valence-corrected chi connectivity index (χ4v) is 5.66. The first kappa shape index (κ1) is 26.7. The number of hydrogen-bond donors (Lipinski definition) is 0. The minimum atomic E-state index is -4.82. The van der Waals surface area contributed by atoms with E-state index in [0.29, 0.717) is 23.5 Å². The van der Waals surface area contributed by atoms with Gasteiger partial charge in [-0.25, -0.2) is 12.8 Å². The van der Waals surface area contributed by atoms with Gasteiger partial charge in [0, 0.05) is 31.9 Å². The first-order chi connectivity index (χ1) is 17.5. The maximum Gasteiger partial charge on any atom is 0.417 e. The number of nitrogens with zero attached hydrogens (tertiary/aromatic N) is 3. The highest BCUT2D eigenvalue weighted by Gasteiger charge is 2.36. The van der Waals surface area contributed by atoms with Crippen molar-refractivity contribution < 1.29 is 30.8 Å². The Labute approximate surface area is 216 Å². The molecule has 0 radical (unpaired) electrons. The lowest BCUT2D eigenvalue weighted by atomic mass is 10.2. The molecule has 1 amide bonds. The number of rotatable bonds is 6. The van der Waals surface area contributed by atoms with Gasteiger partial charge in [-0.2, -0.15) is 13.2 Å². The van der Waals surface area contributed by atoms with Crippen molar-refractivity contribution in [1.29, 1.82) is 0 Å². The molecule has 12 heteroatoms. The molecule has 6 nitrogen and oxygen atoms in total. The molecule has 0 aromatic heterocycles. The number of amides is 1. The average molecular weight is 556 g/mol. The largest absolute Gasteiger partial charge is 0.417 e. The van der Waals surface area contributed by atoms with E-state index in [2.05, 4.69) is 0 Å². The van der Waals surface area contributed by atoms with Crippen molar-refractivity contribution in [3.8, 4) is 0 Å². The fourth-order valence-electron chi connectivity index (χ4n) is 4.01. The van der Waals surface area contributed by atoms with Crippen LogP contribution < -0.4 is 9.21 Å². The molecule has 0 bridgehead atoms. The van der Waals surface area contributed by atoms with Gasteiger partial charge in [-0.15, -0.1) is 0 Å². The van der Waals surface area contributed by atoms with Crippen LogP contribution in [0, 0.1) is 5.82 Å². The molecule has 0 saturated carbocycles. The summed E-state index contributed by atoms with van der Waals surface area (Å²) in [5.74, 6) is -0.935. The summed E-state index contributed by atoms with van der Waals surface area (Å²) in [7, 11) is -4.39. The smallest absolute Gasteiger partial charge is 0.368 e. The third kappa shape index (κ3) is 5.99. The minimum absolute atomic E-state index is 0.174. The molecule has 0 unspecified atom stereocenters. The second-order valence-corrected chi connectivity index (χ2v) is 10.6. The van der Waals surface area contributed by atoms with Crippen molar-refractivity contribution in [3.05, 3.63) is 89.2 Å². The van der Waals surface area contributed by atoms with Crippen molar-refractivity contribution in [2.24, 2.45) is 0 Å². The molecule has 0 atom stereocenters. The summed E-state index contributed by atoms with van der Waals surface area (Å²) in [6.07, 6.45) is -4.82. The summed E-state index contributed by atoms with van der Waals surface area (Å²) < 4.78 is 81.3. The third-order valence-electron chi connectivity index (χ3n) is 5.98. The van der Waals surface area contributed by atoms with Gasteiger partial charge in [-0.05, 0) is 54.6 Å². The Morgan fingerprint density at radius 2 is 1.54 bits per heavy atom.